The quantitative estimate of drug-likeness (QED) is 0.726. The van der Waals surface area contributed by atoms with Gasteiger partial charge in [0.05, 0.1) is 6.04 Å². The number of hydrazine groups is 1. The molecule has 94 valence electrons. The summed E-state index contributed by atoms with van der Waals surface area (Å²) in [4.78, 5) is 0. The lowest BCUT2D eigenvalue weighted by molar-refractivity contribution is 0.377. The molecular weight excluding hydrogens is 210 g/mol. The maximum Gasteiger partial charge on any atom is 0.0506 e. The first-order valence-corrected chi connectivity index (χ1v) is 6.57. The normalized spacial score (nSPS) is 28.5. The minimum atomic E-state index is 0.439. The molecule has 1 aromatic rings. The summed E-state index contributed by atoms with van der Waals surface area (Å²) in [5, 5.41) is 3.27. The molecule has 1 fully saturated rings. The van der Waals surface area contributed by atoms with E-state index in [4.69, 9.17) is 0 Å². The summed E-state index contributed by atoms with van der Waals surface area (Å²) < 4.78 is 0. The molecule has 3 nitrogen and oxygen atoms in total. The standard InChI is InChI=1S/C14H23N3/c1-3-7-12-13(10-15-2)16-17-14(12)11-8-5-4-6-9-11/h4-6,8-9,12-17H,3,7,10H2,1-2H3. The summed E-state index contributed by atoms with van der Waals surface area (Å²) in [7, 11) is 2.01. The first kappa shape index (κ1) is 12.6. The van der Waals surface area contributed by atoms with Gasteiger partial charge in [-0.15, -0.1) is 0 Å². The van der Waals surface area contributed by atoms with Crippen molar-refractivity contribution in [2.75, 3.05) is 13.6 Å². The summed E-state index contributed by atoms with van der Waals surface area (Å²) in [5.74, 6) is 0.662. The van der Waals surface area contributed by atoms with E-state index in [-0.39, 0.29) is 0 Å². The Morgan fingerprint density at radius 3 is 2.59 bits per heavy atom. The highest BCUT2D eigenvalue weighted by Crippen LogP contribution is 2.31. The molecule has 0 aromatic heterocycles. The Balaban J connectivity index is 2.11. The van der Waals surface area contributed by atoms with Gasteiger partial charge in [-0.1, -0.05) is 43.7 Å². The molecule has 1 saturated heterocycles. The average Bonchev–Trinajstić information content (AvgIpc) is 2.75. The largest absolute Gasteiger partial charge is 0.318 e. The van der Waals surface area contributed by atoms with Crippen molar-refractivity contribution in [2.45, 2.75) is 31.8 Å². The lowest BCUT2D eigenvalue weighted by atomic mass is 9.86. The van der Waals surface area contributed by atoms with E-state index in [0.717, 1.165) is 6.54 Å². The average molecular weight is 233 g/mol. The van der Waals surface area contributed by atoms with E-state index in [0.29, 0.717) is 18.0 Å². The predicted octanol–water partition coefficient (Wildman–Crippen LogP) is 1.84. The van der Waals surface area contributed by atoms with E-state index >= 15 is 0 Å². The van der Waals surface area contributed by atoms with E-state index < -0.39 is 0 Å². The van der Waals surface area contributed by atoms with Crippen LogP contribution in [0.1, 0.15) is 31.4 Å². The molecule has 1 heterocycles. The van der Waals surface area contributed by atoms with Crippen LogP contribution in [0.5, 0.6) is 0 Å². The van der Waals surface area contributed by atoms with Crippen LogP contribution in [-0.4, -0.2) is 19.6 Å². The highest BCUT2D eigenvalue weighted by atomic mass is 15.4. The van der Waals surface area contributed by atoms with Gasteiger partial charge < -0.3 is 5.32 Å². The summed E-state index contributed by atoms with van der Waals surface area (Å²) >= 11 is 0. The topological polar surface area (TPSA) is 36.1 Å². The molecular formula is C14H23N3. The highest BCUT2D eigenvalue weighted by Gasteiger charge is 2.35. The van der Waals surface area contributed by atoms with Gasteiger partial charge in [-0.2, -0.15) is 0 Å². The van der Waals surface area contributed by atoms with Gasteiger partial charge in [-0.3, -0.25) is 5.43 Å². The van der Waals surface area contributed by atoms with Gasteiger partial charge >= 0.3 is 0 Å². The SMILES string of the molecule is CCCC1C(CNC)NNC1c1ccccc1. The van der Waals surface area contributed by atoms with Gasteiger partial charge in [-0.25, -0.2) is 5.43 Å². The minimum absolute atomic E-state index is 0.439. The molecule has 1 aliphatic rings. The second kappa shape index (κ2) is 6.15. The van der Waals surface area contributed by atoms with Gasteiger partial charge in [0.1, 0.15) is 0 Å². The predicted molar refractivity (Wildman–Crippen MR) is 71.6 cm³/mol. The first-order chi connectivity index (χ1) is 8.36. The van der Waals surface area contributed by atoms with Crippen LogP contribution < -0.4 is 16.2 Å². The fourth-order valence-corrected chi connectivity index (χ4v) is 2.76. The second-order valence-electron chi connectivity index (χ2n) is 4.79. The summed E-state index contributed by atoms with van der Waals surface area (Å²) in [6.45, 7) is 3.28. The lowest BCUT2D eigenvalue weighted by Gasteiger charge is -2.22. The zero-order chi connectivity index (χ0) is 12.1. The van der Waals surface area contributed by atoms with E-state index in [1.165, 1.54) is 18.4 Å². The van der Waals surface area contributed by atoms with Crippen LogP contribution in [0.3, 0.4) is 0 Å². The fourth-order valence-electron chi connectivity index (χ4n) is 2.76. The van der Waals surface area contributed by atoms with Crippen LogP contribution in [0.15, 0.2) is 30.3 Å². The van der Waals surface area contributed by atoms with Crippen molar-refractivity contribution in [3.05, 3.63) is 35.9 Å². The van der Waals surface area contributed by atoms with Crippen molar-refractivity contribution in [2.24, 2.45) is 5.92 Å². The third-order valence-electron chi connectivity index (χ3n) is 3.57. The zero-order valence-electron chi connectivity index (χ0n) is 10.7. The van der Waals surface area contributed by atoms with Crippen LogP contribution in [-0.2, 0) is 0 Å². The van der Waals surface area contributed by atoms with Gasteiger partial charge in [0.25, 0.3) is 0 Å². The van der Waals surface area contributed by atoms with Gasteiger partial charge in [0, 0.05) is 12.6 Å². The Labute approximate surface area is 104 Å². The maximum absolute atomic E-state index is 3.45. The van der Waals surface area contributed by atoms with Crippen molar-refractivity contribution in [1.29, 1.82) is 0 Å². The van der Waals surface area contributed by atoms with Gasteiger partial charge in [-0.05, 0) is 24.9 Å². The van der Waals surface area contributed by atoms with Crippen LogP contribution >= 0.6 is 0 Å². The molecule has 0 radical (unpaired) electrons. The summed E-state index contributed by atoms with van der Waals surface area (Å²) in [6, 6.07) is 11.7. The highest BCUT2D eigenvalue weighted by molar-refractivity contribution is 5.21. The molecule has 3 N–H and O–H groups in total. The molecule has 0 saturated carbocycles. The molecule has 0 spiro atoms. The zero-order valence-corrected chi connectivity index (χ0v) is 10.7. The molecule has 2 rings (SSSR count). The lowest BCUT2D eigenvalue weighted by Crippen LogP contribution is -2.39. The number of nitrogens with one attached hydrogen (secondary N) is 3. The monoisotopic (exact) mass is 233 g/mol. The molecule has 0 aliphatic carbocycles. The summed E-state index contributed by atoms with van der Waals surface area (Å²) in [6.07, 6.45) is 2.49. The number of hydrogen-bond acceptors (Lipinski definition) is 3. The molecule has 0 bridgehead atoms. The second-order valence-corrected chi connectivity index (χ2v) is 4.79. The number of benzene rings is 1. The van der Waals surface area contributed by atoms with Crippen molar-refractivity contribution < 1.29 is 0 Å². The van der Waals surface area contributed by atoms with E-state index in [2.05, 4.69) is 53.4 Å². The van der Waals surface area contributed by atoms with E-state index in [1.807, 2.05) is 7.05 Å². The van der Waals surface area contributed by atoms with Gasteiger partial charge in [0.2, 0.25) is 0 Å². The van der Waals surface area contributed by atoms with Crippen LogP contribution in [0.4, 0.5) is 0 Å². The summed E-state index contributed by atoms with van der Waals surface area (Å²) in [5.41, 5.74) is 8.27. The number of hydrogen-bond donors (Lipinski definition) is 3. The number of rotatable bonds is 5. The smallest absolute Gasteiger partial charge is 0.0506 e. The Kier molecular flexibility index (Phi) is 4.54. The Morgan fingerprint density at radius 1 is 1.18 bits per heavy atom. The van der Waals surface area contributed by atoms with E-state index in [9.17, 15) is 0 Å². The molecule has 1 aliphatic heterocycles. The molecule has 3 unspecified atom stereocenters. The third kappa shape index (κ3) is 2.86. The van der Waals surface area contributed by atoms with Crippen molar-refractivity contribution in [3.8, 4) is 0 Å². The molecule has 3 heteroatoms. The van der Waals surface area contributed by atoms with Crippen molar-refractivity contribution in [1.82, 2.24) is 16.2 Å². The van der Waals surface area contributed by atoms with Crippen LogP contribution in [0.25, 0.3) is 0 Å². The Hall–Kier alpha value is -0.900. The third-order valence-corrected chi connectivity index (χ3v) is 3.57. The minimum Gasteiger partial charge on any atom is -0.318 e. The fraction of sp³-hybridized carbons (Fsp3) is 0.571. The Bertz CT molecular complexity index is 325. The molecule has 3 atom stereocenters. The van der Waals surface area contributed by atoms with Crippen LogP contribution in [0.2, 0.25) is 0 Å². The van der Waals surface area contributed by atoms with Crippen LogP contribution in [0, 0.1) is 5.92 Å². The van der Waals surface area contributed by atoms with Gasteiger partial charge in [0.15, 0.2) is 0 Å². The molecule has 1 aromatic carbocycles. The molecule has 0 amide bonds. The Morgan fingerprint density at radius 2 is 1.94 bits per heavy atom. The van der Waals surface area contributed by atoms with Crippen molar-refractivity contribution in [3.63, 3.8) is 0 Å². The number of likely N-dealkylation sites (N-methyl/N-ethyl adjacent to an activating group) is 1. The van der Waals surface area contributed by atoms with E-state index in [1.54, 1.807) is 0 Å². The molecule has 17 heavy (non-hydrogen) atoms. The maximum atomic E-state index is 3.45. The van der Waals surface area contributed by atoms with Crippen molar-refractivity contribution >= 4 is 0 Å². The first-order valence-electron chi connectivity index (χ1n) is 6.57.